The van der Waals surface area contributed by atoms with Crippen LogP contribution in [-0.4, -0.2) is 34.8 Å². The first-order chi connectivity index (χ1) is 15.3. The van der Waals surface area contributed by atoms with Gasteiger partial charge in [-0.25, -0.2) is 4.39 Å². The number of ether oxygens (including phenoxy) is 1. The van der Waals surface area contributed by atoms with Gasteiger partial charge in [0, 0.05) is 19.4 Å². The van der Waals surface area contributed by atoms with Crippen LogP contribution in [0.1, 0.15) is 38.3 Å². The minimum Gasteiger partial charge on any atom is -0.478 e. The predicted molar refractivity (Wildman–Crippen MR) is 117 cm³/mol. The number of benzene rings is 2. The van der Waals surface area contributed by atoms with Gasteiger partial charge in [-0.05, 0) is 36.1 Å². The Morgan fingerprint density at radius 1 is 1.03 bits per heavy atom. The lowest BCUT2D eigenvalue weighted by Crippen LogP contribution is -2.57. The summed E-state index contributed by atoms with van der Waals surface area (Å²) in [5.74, 6) is -1.75. The van der Waals surface area contributed by atoms with Crippen molar-refractivity contribution in [3.63, 3.8) is 0 Å². The molecule has 2 unspecified atom stereocenters. The van der Waals surface area contributed by atoms with Gasteiger partial charge in [0.15, 0.2) is 17.7 Å². The lowest BCUT2D eigenvalue weighted by atomic mass is 9.92. The topological polar surface area (TPSA) is 87.7 Å². The number of nitrogens with one attached hydrogen (secondary N) is 2. The lowest BCUT2D eigenvalue weighted by molar-refractivity contribution is -0.143. The van der Waals surface area contributed by atoms with E-state index in [-0.39, 0.29) is 17.6 Å². The van der Waals surface area contributed by atoms with E-state index in [1.54, 1.807) is 11.0 Å². The Labute approximate surface area is 186 Å². The zero-order valence-corrected chi connectivity index (χ0v) is 18.4. The molecule has 32 heavy (non-hydrogen) atoms. The fourth-order valence-corrected chi connectivity index (χ4v) is 3.58. The Bertz CT molecular complexity index is 995. The molecule has 0 aromatic heterocycles. The van der Waals surface area contributed by atoms with Gasteiger partial charge in [0.2, 0.25) is 5.91 Å². The van der Waals surface area contributed by atoms with Crippen molar-refractivity contribution in [3.05, 3.63) is 65.5 Å². The van der Waals surface area contributed by atoms with Crippen molar-refractivity contribution in [1.82, 2.24) is 15.8 Å². The van der Waals surface area contributed by atoms with Crippen LogP contribution in [0.2, 0.25) is 0 Å². The first-order valence-electron chi connectivity index (χ1n) is 10.6. The summed E-state index contributed by atoms with van der Waals surface area (Å²) < 4.78 is 19.1. The van der Waals surface area contributed by atoms with E-state index in [1.165, 1.54) is 25.1 Å². The molecule has 0 spiro atoms. The van der Waals surface area contributed by atoms with Crippen molar-refractivity contribution in [1.29, 1.82) is 0 Å². The zero-order chi connectivity index (χ0) is 23.3. The number of carbonyl (C=O) groups is 3. The molecule has 7 nitrogen and oxygen atoms in total. The zero-order valence-electron chi connectivity index (χ0n) is 18.4. The number of rotatable bonds is 6. The third-order valence-electron chi connectivity index (χ3n) is 5.27. The Kier molecular flexibility index (Phi) is 7.45. The molecule has 0 aliphatic carbocycles. The molecule has 0 radical (unpaired) electrons. The summed E-state index contributed by atoms with van der Waals surface area (Å²) in [5, 5.41) is 0. The maximum Gasteiger partial charge on any atom is 0.279 e. The number of hydrazine groups is 1. The minimum absolute atomic E-state index is 0.0594. The van der Waals surface area contributed by atoms with Crippen molar-refractivity contribution in [2.45, 2.75) is 52.3 Å². The molecular formula is C24H28FN3O4. The molecule has 1 aliphatic heterocycles. The third kappa shape index (κ3) is 5.63. The molecule has 1 aliphatic rings. The van der Waals surface area contributed by atoms with Gasteiger partial charge in [-0.1, -0.05) is 50.2 Å². The van der Waals surface area contributed by atoms with Crippen molar-refractivity contribution in [2.75, 3.05) is 0 Å². The van der Waals surface area contributed by atoms with E-state index in [2.05, 4.69) is 10.9 Å². The van der Waals surface area contributed by atoms with Crippen LogP contribution in [-0.2, 0) is 27.3 Å². The maximum atomic E-state index is 13.7. The van der Waals surface area contributed by atoms with Gasteiger partial charge in [-0.3, -0.25) is 25.2 Å². The Balaban J connectivity index is 1.65. The minimum atomic E-state index is -1.04. The van der Waals surface area contributed by atoms with Gasteiger partial charge in [0.05, 0.1) is 0 Å². The van der Waals surface area contributed by atoms with Crippen LogP contribution < -0.4 is 15.6 Å². The van der Waals surface area contributed by atoms with E-state index in [0.29, 0.717) is 19.4 Å². The van der Waals surface area contributed by atoms with Crippen LogP contribution in [0, 0.1) is 11.7 Å². The maximum absolute atomic E-state index is 13.7. The number of halogens is 1. The first-order valence-corrected chi connectivity index (χ1v) is 10.6. The lowest BCUT2D eigenvalue weighted by Gasteiger charge is -2.36. The number of para-hydroxylation sites is 1. The number of carbonyl (C=O) groups excluding carboxylic acids is 3. The molecule has 170 valence electrons. The molecule has 2 aromatic rings. The normalized spacial score (nSPS) is 16.2. The van der Waals surface area contributed by atoms with Crippen molar-refractivity contribution in [2.24, 2.45) is 5.92 Å². The molecule has 8 heteroatoms. The van der Waals surface area contributed by atoms with E-state index in [1.807, 2.05) is 38.1 Å². The molecule has 2 atom stereocenters. The molecule has 1 heterocycles. The summed E-state index contributed by atoms with van der Waals surface area (Å²) in [4.78, 5) is 39.7. The van der Waals surface area contributed by atoms with Crippen LogP contribution in [0.4, 0.5) is 4.39 Å². The van der Waals surface area contributed by atoms with E-state index in [4.69, 9.17) is 4.74 Å². The highest BCUT2D eigenvalue weighted by Gasteiger charge is 2.35. The third-order valence-corrected chi connectivity index (χ3v) is 5.27. The molecule has 3 rings (SSSR count). The van der Waals surface area contributed by atoms with Gasteiger partial charge in [0.1, 0.15) is 6.04 Å². The molecule has 0 bridgehead atoms. The summed E-state index contributed by atoms with van der Waals surface area (Å²) in [6.45, 7) is 5.67. The van der Waals surface area contributed by atoms with Gasteiger partial charge in [-0.15, -0.1) is 0 Å². The summed E-state index contributed by atoms with van der Waals surface area (Å²) in [6, 6.07) is 12.7. The summed E-state index contributed by atoms with van der Waals surface area (Å²) >= 11 is 0. The number of hydrogen-bond donors (Lipinski definition) is 2. The average Bonchev–Trinajstić information content (AvgIpc) is 2.77. The number of hydrogen-bond acceptors (Lipinski definition) is 4. The van der Waals surface area contributed by atoms with Crippen LogP contribution in [0.3, 0.4) is 0 Å². The van der Waals surface area contributed by atoms with E-state index in [0.717, 1.165) is 11.1 Å². The average molecular weight is 442 g/mol. The first kappa shape index (κ1) is 23.2. The molecule has 2 N–H and O–H groups in total. The highest BCUT2D eigenvalue weighted by Crippen LogP contribution is 2.25. The molecule has 0 fully saturated rings. The van der Waals surface area contributed by atoms with Gasteiger partial charge >= 0.3 is 0 Å². The smallest absolute Gasteiger partial charge is 0.279 e. The summed E-state index contributed by atoms with van der Waals surface area (Å²) in [6.07, 6.45) is -0.368. The molecule has 2 aromatic carbocycles. The fourth-order valence-electron chi connectivity index (χ4n) is 3.58. The monoisotopic (exact) mass is 441 g/mol. The van der Waals surface area contributed by atoms with Crippen molar-refractivity contribution in [3.8, 4) is 5.75 Å². The number of nitrogens with zero attached hydrogens (tertiary/aromatic N) is 1. The Morgan fingerprint density at radius 3 is 2.38 bits per heavy atom. The quantitative estimate of drug-likeness (QED) is 0.675. The highest BCUT2D eigenvalue weighted by molar-refractivity contribution is 5.90. The van der Waals surface area contributed by atoms with Crippen molar-refractivity contribution >= 4 is 17.7 Å². The SMILES string of the molecule is CC(C)CC(=O)N1Cc2ccccc2CC1C(=O)NNC(=O)C(C)Oc1ccccc1F. The highest BCUT2D eigenvalue weighted by atomic mass is 19.1. The van der Waals surface area contributed by atoms with Gasteiger partial charge < -0.3 is 9.64 Å². The number of fused-ring (bicyclic) bond motifs is 1. The molecule has 3 amide bonds. The molecule has 0 saturated heterocycles. The second-order valence-corrected chi connectivity index (χ2v) is 8.28. The molecule has 0 saturated carbocycles. The summed E-state index contributed by atoms with van der Waals surface area (Å²) in [7, 11) is 0. The van der Waals surface area contributed by atoms with E-state index in [9.17, 15) is 18.8 Å². The van der Waals surface area contributed by atoms with Gasteiger partial charge in [0.25, 0.3) is 11.8 Å². The van der Waals surface area contributed by atoms with Crippen LogP contribution >= 0.6 is 0 Å². The van der Waals surface area contributed by atoms with Crippen LogP contribution in [0.25, 0.3) is 0 Å². The standard InChI is InChI=1S/C24H28FN3O4/c1-15(2)12-22(29)28-14-18-9-5-4-8-17(18)13-20(28)24(31)27-26-23(30)16(3)32-21-11-7-6-10-19(21)25/h4-11,15-16,20H,12-14H2,1-3H3,(H,26,30)(H,27,31). The Morgan fingerprint density at radius 2 is 1.69 bits per heavy atom. The fraction of sp³-hybridized carbons (Fsp3) is 0.375. The van der Waals surface area contributed by atoms with Gasteiger partial charge in [-0.2, -0.15) is 0 Å². The second kappa shape index (κ2) is 10.3. The van der Waals surface area contributed by atoms with Crippen LogP contribution in [0.15, 0.2) is 48.5 Å². The van der Waals surface area contributed by atoms with Crippen molar-refractivity contribution < 1.29 is 23.5 Å². The second-order valence-electron chi connectivity index (χ2n) is 8.28. The predicted octanol–water partition coefficient (Wildman–Crippen LogP) is 2.74. The van der Waals surface area contributed by atoms with E-state index >= 15 is 0 Å². The van der Waals surface area contributed by atoms with Crippen LogP contribution in [0.5, 0.6) is 5.75 Å². The molecular weight excluding hydrogens is 413 g/mol. The Hall–Kier alpha value is -3.42. The van der Waals surface area contributed by atoms with E-state index < -0.39 is 29.8 Å². The summed E-state index contributed by atoms with van der Waals surface area (Å²) in [5.41, 5.74) is 6.71. The number of amides is 3. The largest absolute Gasteiger partial charge is 0.478 e.